The second kappa shape index (κ2) is 4.43. The number of benzene rings is 2. The molecule has 0 bridgehead atoms. The highest BCUT2D eigenvalue weighted by molar-refractivity contribution is 9.10. The highest BCUT2D eigenvalue weighted by Crippen LogP contribution is 2.39. The summed E-state index contributed by atoms with van der Waals surface area (Å²) >= 11 is 3.56. The minimum Gasteiger partial charge on any atom is -0.388 e. The summed E-state index contributed by atoms with van der Waals surface area (Å²) in [4.78, 5) is 0. The Kier molecular flexibility index (Phi) is 2.93. The van der Waals surface area contributed by atoms with Crippen LogP contribution in [-0.2, 0) is 0 Å². The summed E-state index contributed by atoms with van der Waals surface area (Å²) < 4.78 is 1.09. The largest absolute Gasteiger partial charge is 0.388 e. The fourth-order valence-electron chi connectivity index (χ4n) is 2.37. The van der Waals surface area contributed by atoms with Gasteiger partial charge < -0.3 is 5.11 Å². The van der Waals surface area contributed by atoms with Gasteiger partial charge in [0, 0.05) is 4.47 Å². The highest BCUT2D eigenvalue weighted by Gasteiger charge is 2.25. The van der Waals surface area contributed by atoms with E-state index >= 15 is 0 Å². The van der Waals surface area contributed by atoms with Crippen LogP contribution < -0.4 is 0 Å². The van der Waals surface area contributed by atoms with Gasteiger partial charge in [0.1, 0.15) is 0 Å². The summed E-state index contributed by atoms with van der Waals surface area (Å²) in [6, 6.07) is 12.3. The Morgan fingerprint density at radius 3 is 2.53 bits per heavy atom. The third-order valence-corrected chi connectivity index (χ3v) is 4.21. The van der Waals surface area contributed by atoms with Crippen molar-refractivity contribution in [2.24, 2.45) is 5.92 Å². The van der Waals surface area contributed by atoms with E-state index in [1.165, 1.54) is 18.2 Å². The number of fused-ring (bicyclic) bond motifs is 1. The van der Waals surface area contributed by atoms with E-state index in [0.717, 1.165) is 27.8 Å². The van der Waals surface area contributed by atoms with Crippen LogP contribution in [0.3, 0.4) is 0 Å². The normalized spacial score (nSPS) is 17.3. The highest BCUT2D eigenvalue weighted by atomic mass is 79.9. The van der Waals surface area contributed by atoms with Gasteiger partial charge >= 0.3 is 0 Å². The summed E-state index contributed by atoms with van der Waals surface area (Å²) in [5, 5.41) is 12.6. The molecular weight excluding hydrogens is 276 g/mol. The minimum atomic E-state index is -0.319. The number of hydrogen-bond donors (Lipinski definition) is 1. The van der Waals surface area contributed by atoms with E-state index in [2.05, 4.69) is 28.1 Å². The van der Waals surface area contributed by atoms with E-state index in [4.69, 9.17) is 0 Å². The number of aliphatic hydroxyl groups is 1. The van der Waals surface area contributed by atoms with Crippen LogP contribution in [0.2, 0.25) is 0 Å². The Balaban J connectivity index is 2.05. The summed E-state index contributed by atoms with van der Waals surface area (Å²) in [6.45, 7) is 0. The Labute approximate surface area is 110 Å². The van der Waals surface area contributed by atoms with Gasteiger partial charge in [-0.15, -0.1) is 0 Å². The topological polar surface area (TPSA) is 20.2 Å². The molecule has 0 radical (unpaired) electrons. The van der Waals surface area contributed by atoms with Gasteiger partial charge in [0.05, 0.1) is 6.10 Å². The molecule has 1 aliphatic carbocycles. The number of rotatable bonds is 3. The molecule has 0 spiro atoms. The predicted octanol–water partition coefficient (Wildman–Crippen LogP) is 4.44. The molecule has 1 fully saturated rings. The fourth-order valence-corrected chi connectivity index (χ4v) is 2.85. The van der Waals surface area contributed by atoms with E-state index in [1.807, 2.05) is 24.3 Å². The first-order chi connectivity index (χ1) is 8.25. The predicted molar refractivity (Wildman–Crippen MR) is 73.9 cm³/mol. The first-order valence-electron chi connectivity index (χ1n) is 6.11. The lowest BCUT2D eigenvalue weighted by Crippen LogP contribution is -1.99. The zero-order valence-corrected chi connectivity index (χ0v) is 11.2. The van der Waals surface area contributed by atoms with Gasteiger partial charge in [0.25, 0.3) is 0 Å². The van der Waals surface area contributed by atoms with Crippen LogP contribution in [0.5, 0.6) is 0 Å². The molecule has 2 aromatic carbocycles. The molecule has 3 rings (SSSR count). The molecule has 0 amide bonds. The SMILES string of the molecule is OC(CC1CC1)c1ccc(Br)c2ccccc12. The van der Waals surface area contributed by atoms with Gasteiger partial charge in [-0.25, -0.2) is 0 Å². The maximum absolute atomic E-state index is 10.3. The first kappa shape index (κ1) is 11.2. The molecule has 0 aromatic heterocycles. The number of halogens is 1. The molecule has 2 heteroatoms. The van der Waals surface area contributed by atoms with Gasteiger partial charge in [0.2, 0.25) is 0 Å². The van der Waals surface area contributed by atoms with Gasteiger partial charge in [-0.1, -0.05) is 59.1 Å². The molecular formula is C15H15BrO. The molecule has 2 aromatic rings. The Morgan fingerprint density at radius 1 is 1.12 bits per heavy atom. The third-order valence-electron chi connectivity index (χ3n) is 3.52. The minimum absolute atomic E-state index is 0.319. The maximum Gasteiger partial charge on any atom is 0.0798 e. The molecule has 0 aliphatic heterocycles. The zero-order chi connectivity index (χ0) is 11.8. The van der Waals surface area contributed by atoms with Crippen LogP contribution >= 0.6 is 15.9 Å². The molecule has 1 unspecified atom stereocenters. The maximum atomic E-state index is 10.3. The molecule has 1 N–H and O–H groups in total. The molecule has 17 heavy (non-hydrogen) atoms. The van der Waals surface area contributed by atoms with Gasteiger partial charge in [0.15, 0.2) is 0 Å². The standard InChI is InChI=1S/C15H15BrO/c16-14-8-7-13(15(17)9-10-5-6-10)11-3-1-2-4-12(11)14/h1-4,7-8,10,15,17H,5-6,9H2. The summed E-state index contributed by atoms with van der Waals surface area (Å²) in [7, 11) is 0. The van der Waals surface area contributed by atoms with Crippen molar-refractivity contribution in [3.63, 3.8) is 0 Å². The summed E-state index contributed by atoms with van der Waals surface area (Å²) in [6.07, 6.45) is 3.16. The van der Waals surface area contributed by atoms with Gasteiger partial charge in [-0.3, -0.25) is 0 Å². The van der Waals surface area contributed by atoms with Crippen LogP contribution in [-0.4, -0.2) is 5.11 Å². The third kappa shape index (κ3) is 2.24. The fraction of sp³-hybridized carbons (Fsp3) is 0.333. The average Bonchev–Trinajstić information content (AvgIpc) is 3.14. The molecule has 1 aliphatic rings. The van der Waals surface area contributed by atoms with Crippen LogP contribution in [0, 0.1) is 5.92 Å². The molecule has 88 valence electrons. The van der Waals surface area contributed by atoms with Crippen molar-refractivity contribution in [1.82, 2.24) is 0 Å². The summed E-state index contributed by atoms with van der Waals surface area (Å²) in [5.74, 6) is 0.743. The van der Waals surface area contributed by atoms with Gasteiger partial charge in [-0.05, 0) is 34.7 Å². The van der Waals surface area contributed by atoms with Crippen LogP contribution in [0.15, 0.2) is 40.9 Å². The molecule has 0 heterocycles. The second-order valence-electron chi connectivity index (χ2n) is 4.88. The molecule has 1 atom stereocenters. The van der Waals surface area contributed by atoms with Crippen molar-refractivity contribution in [2.75, 3.05) is 0 Å². The first-order valence-corrected chi connectivity index (χ1v) is 6.90. The van der Waals surface area contributed by atoms with E-state index < -0.39 is 0 Å². The molecule has 1 nitrogen and oxygen atoms in total. The van der Waals surface area contributed by atoms with Crippen molar-refractivity contribution < 1.29 is 5.11 Å². The van der Waals surface area contributed by atoms with E-state index in [9.17, 15) is 5.11 Å². The van der Waals surface area contributed by atoms with E-state index in [1.54, 1.807) is 0 Å². The Bertz CT molecular complexity index is 546. The van der Waals surface area contributed by atoms with Crippen LogP contribution in [0.1, 0.15) is 30.9 Å². The van der Waals surface area contributed by atoms with Crippen molar-refractivity contribution in [3.05, 3.63) is 46.4 Å². The average molecular weight is 291 g/mol. The van der Waals surface area contributed by atoms with Crippen LogP contribution in [0.4, 0.5) is 0 Å². The van der Waals surface area contributed by atoms with Crippen molar-refractivity contribution in [1.29, 1.82) is 0 Å². The lowest BCUT2D eigenvalue weighted by atomic mass is 9.97. The lowest BCUT2D eigenvalue weighted by Gasteiger charge is -2.14. The lowest BCUT2D eigenvalue weighted by molar-refractivity contribution is 0.162. The summed E-state index contributed by atoms with van der Waals surface area (Å²) in [5.41, 5.74) is 1.07. The Morgan fingerprint density at radius 2 is 1.82 bits per heavy atom. The van der Waals surface area contributed by atoms with E-state index in [0.29, 0.717) is 0 Å². The van der Waals surface area contributed by atoms with E-state index in [-0.39, 0.29) is 6.10 Å². The quantitative estimate of drug-likeness (QED) is 0.886. The zero-order valence-electron chi connectivity index (χ0n) is 9.57. The number of hydrogen-bond acceptors (Lipinski definition) is 1. The van der Waals surface area contributed by atoms with Crippen LogP contribution in [0.25, 0.3) is 10.8 Å². The molecule has 1 saturated carbocycles. The van der Waals surface area contributed by atoms with Crippen molar-refractivity contribution in [2.45, 2.75) is 25.4 Å². The Hall–Kier alpha value is -0.860. The monoisotopic (exact) mass is 290 g/mol. The van der Waals surface area contributed by atoms with Crippen molar-refractivity contribution >= 4 is 26.7 Å². The van der Waals surface area contributed by atoms with Gasteiger partial charge in [-0.2, -0.15) is 0 Å². The van der Waals surface area contributed by atoms with Crippen molar-refractivity contribution in [3.8, 4) is 0 Å². The number of aliphatic hydroxyl groups excluding tert-OH is 1. The molecule has 0 saturated heterocycles. The second-order valence-corrected chi connectivity index (χ2v) is 5.73. The smallest absolute Gasteiger partial charge is 0.0798 e.